The van der Waals surface area contributed by atoms with Gasteiger partial charge in [0.2, 0.25) is 0 Å². The highest BCUT2D eigenvalue weighted by atomic mass is 16.7. The number of ether oxygens (including phenoxy) is 2. The van der Waals surface area contributed by atoms with Crippen molar-refractivity contribution in [3.8, 4) is 0 Å². The number of carbonyl (C=O) groups excluding carboxylic acids is 1. The number of aromatic nitrogens is 2. The Labute approximate surface area is 142 Å². The third-order valence-electron chi connectivity index (χ3n) is 4.39. The molecule has 2 aliphatic heterocycles. The van der Waals surface area contributed by atoms with Crippen LogP contribution in [0.5, 0.6) is 0 Å². The number of hydrogen-bond acceptors (Lipinski definition) is 7. The molecule has 0 unspecified atom stereocenters. The monoisotopic (exact) mass is 335 g/mol. The van der Waals surface area contributed by atoms with E-state index in [1.54, 1.807) is 6.07 Å². The van der Waals surface area contributed by atoms with Crippen molar-refractivity contribution in [1.29, 1.82) is 0 Å². The predicted molar refractivity (Wildman–Crippen MR) is 89.0 cm³/mol. The lowest BCUT2D eigenvalue weighted by Gasteiger charge is -2.38. The van der Waals surface area contributed by atoms with Gasteiger partial charge in [0.1, 0.15) is 17.8 Å². The van der Waals surface area contributed by atoms with E-state index < -0.39 is 5.79 Å². The van der Waals surface area contributed by atoms with E-state index in [-0.39, 0.29) is 5.91 Å². The van der Waals surface area contributed by atoms with E-state index in [0.29, 0.717) is 25.5 Å². The molecule has 1 aromatic rings. The standard InChI is InChI=1S/C16H25N5O3/c1-20(2)8-5-17-15(22)13-11-14(19-12-18-13)21-6-3-16(4-7-21)23-9-10-24-16/h11-12H,3-10H2,1-2H3,(H,17,22). The summed E-state index contributed by atoms with van der Waals surface area (Å²) in [5.74, 6) is 0.197. The first-order valence-electron chi connectivity index (χ1n) is 8.36. The van der Waals surface area contributed by atoms with Crippen LogP contribution >= 0.6 is 0 Å². The lowest BCUT2D eigenvalue weighted by molar-refractivity contribution is -0.169. The van der Waals surface area contributed by atoms with Gasteiger partial charge in [-0.15, -0.1) is 0 Å². The molecule has 3 heterocycles. The van der Waals surface area contributed by atoms with Gasteiger partial charge >= 0.3 is 0 Å². The highest BCUT2D eigenvalue weighted by Gasteiger charge is 2.40. The van der Waals surface area contributed by atoms with Gasteiger partial charge in [-0.25, -0.2) is 9.97 Å². The zero-order valence-electron chi connectivity index (χ0n) is 14.3. The first kappa shape index (κ1) is 17.1. The van der Waals surface area contributed by atoms with Crippen molar-refractivity contribution in [1.82, 2.24) is 20.2 Å². The zero-order valence-corrected chi connectivity index (χ0v) is 14.3. The summed E-state index contributed by atoms with van der Waals surface area (Å²) >= 11 is 0. The average Bonchev–Trinajstić information content (AvgIpc) is 3.03. The summed E-state index contributed by atoms with van der Waals surface area (Å²) in [5.41, 5.74) is 0.396. The van der Waals surface area contributed by atoms with E-state index in [2.05, 4.69) is 20.2 Å². The quantitative estimate of drug-likeness (QED) is 0.818. The van der Waals surface area contributed by atoms with Crippen LogP contribution in [0.3, 0.4) is 0 Å². The Morgan fingerprint density at radius 1 is 1.29 bits per heavy atom. The second kappa shape index (κ2) is 7.42. The number of hydrogen-bond donors (Lipinski definition) is 1. The lowest BCUT2D eigenvalue weighted by atomic mass is 10.0. The fraction of sp³-hybridized carbons (Fsp3) is 0.688. The summed E-state index contributed by atoms with van der Waals surface area (Å²) in [6, 6.07) is 1.75. The highest BCUT2D eigenvalue weighted by Crippen LogP contribution is 2.32. The van der Waals surface area contributed by atoms with Gasteiger partial charge in [-0.1, -0.05) is 0 Å². The summed E-state index contributed by atoms with van der Waals surface area (Å²) in [6.07, 6.45) is 3.06. The molecule has 2 saturated heterocycles. The summed E-state index contributed by atoms with van der Waals surface area (Å²) in [7, 11) is 3.94. The van der Waals surface area contributed by atoms with Gasteiger partial charge in [-0.05, 0) is 14.1 Å². The average molecular weight is 335 g/mol. The van der Waals surface area contributed by atoms with Crippen LogP contribution in [0.4, 0.5) is 5.82 Å². The maximum absolute atomic E-state index is 12.2. The van der Waals surface area contributed by atoms with Crippen molar-refractivity contribution in [3.05, 3.63) is 18.1 Å². The topological polar surface area (TPSA) is 79.8 Å². The third kappa shape index (κ3) is 4.00. The second-order valence-electron chi connectivity index (χ2n) is 6.42. The third-order valence-corrected chi connectivity index (χ3v) is 4.39. The molecule has 0 radical (unpaired) electrons. The van der Waals surface area contributed by atoms with Crippen LogP contribution in [0.2, 0.25) is 0 Å². The van der Waals surface area contributed by atoms with E-state index in [0.717, 1.165) is 38.3 Å². The molecule has 1 spiro atoms. The minimum Gasteiger partial charge on any atom is -0.356 e. The molecule has 0 atom stereocenters. The van der Waals surface area contributed by atoms with Crippen molar-refractivity contribution in [2.75, 3.05) is 58.4 Å². The van der Waals surface area contributed by atoms with Crippen molar-refractivity contribution in [3.63, 3.8) is 0 Å². The number of piperidine rings is 1. The Hall–Kier alpha value is -1.77. The minimum absolute atomic E-state index is 0.170. The Bertz CT molecular complexity index is 565. The van der Waals surface area contributed by atoms with Crippen LogP contribution in [0, 0.1) is 0 Å². The maximum atomic E-state index is 12.2. The molecule has 2 aliphatic rings. The van der Waals surface area contributed by atoms with Crippen molar-refractivity contribution in [2.24, 2.45) is 0 Å². The first-order chi connectivity index (χ1) is 11.6. The zero-order chi connectivity index (χ0) is 17.0. The Balaban J connectivity index is 1.58. The lowest BCUT2D eigenvalue weighted by Crippen LogP contribution is -2.45. The maximum Gasteiger partial charge on any atom is 0.270 e. The van der Waals surface area contributed by atoms with Gasteiger partial charge in [0.05, 0.1) is 13.2 Å². The van der Waals surface area contributed by atoms with Gasteiger partial charge in [-0.2, -0.15) is 0 Å². The van der Waals surface area contributed by atoms with Crippen LogP contribution in [-0.4, -0.2) is 80.1 Å². The van der Waals surface area contributed by atoms with E-state index in [4.69, 9.17) is 9.47 Å². The molecule has 0 aromatic carbocycles. The summed E-state index contributed by atoms with van der Waals surface area (Å²) in [5, 5.41) is 2.87. The van der Waals surface area contributed by atoms with Gasteiger partial charge in [0.25, 0.3) is 5.91 Å². The minimum atomic E-state index is -0.407. The van der Waals surface area contributed by atoms with E-state index in [1.807, 2.05) is 19.0 Å². The molecule has 0 saturated carbocycles. The van der Waals surface area contributed by atoms with Gasteiger partial charge in [-0.3, -0.25) is 4.79 Å². The Morgan fingerprint density at radius 3 is 2.67 bits per heavy atom. The number of nitrogens with one attached hydrogen (secondary N) is 1. The van der Waals surface area contributed by atoms with Gasteiger partial charge < -0.3 is 24.6 Å². The van der Waals surface area contributed by atoms with Crippen LogP contribution in [0.25, 0.3) is 0 Å². The number of carbonyl (C=O) groups is 1. The number of rotatable bonds is 5. The fourth-order valence-corrected chi connectivity index (χ4v) is 2.99. The molecule has 1 amide bonds. The summed E-state index contributed by atoms with van der Waals surface area (Å²) in [4.78, 5) is 24.8. The second-order valence-corrected chi connectivity index (χ2v) is 6.42. The summed E-state index contributed by atoms with van der Waals surface area (Å²) in [6.45, 7) is 4.30. The molecule has 1 aromatic heterocycles. The van der Waals surface area contributed by atoms with Crippen molar-refractivity contribution < 1.29 is 14.3 Å². The molecule has 1 N–H and O–H groups in total. The van der Waals surface area contributed by atoms with E-state index in [1.165, 1.54) is 6.33 Å². The largest absolute Gasteiger partial charge is 0.356 e. The smallest absolute Gasteiger partial charge is 0.270 e. The number of anilines is 1. The van der Waals surface area contributed by atoms with Crippen LogP contribution in [-0.2, 0) is 9.47 Å². The normalized spacial score (nSPS) is 19.9. The SMILES string of the molecule is CN(C)CCNC(=O)c1cc(N2CCC3(CC2)OCCO3)ncn1. The van der Waals surface area contributed by atoms with Gasteiger partial charge in [0, 0.05) is 45.1 Å². The predicted octanol–water partition coefficient (Wildman–Crippen LogP) is 0.111. The summed E-state index contributed by atoms with van der Waals surface area (Å²) < 4.78 is 11.5. The molecule has 0 aliphatic carbocycles. The highest BCUT2D eigenvalue weighted by molar-refractivity contribution is 5.92. The van der Waals surface area contributed by atoms with E-state index >= 15 is 0 Å². The Kier molecular flexibility index (Phi) is 5.27. The molecule has 8 nitrogen and oxygen atoms in total. The molecule has 2 fully saturated rings. The molecule has 132 valence electrons. The molecular weight excluding hydrogens is 310 g/mol. The van der Waals surface area contributed by atoms with Crippen LogP contribution in [0.15, 0.2) is 12.4 Å². The molecule has 0 bridgehead atoms. The molecule has 8 heteroatoms. The van der Waals surface area contributed by atoms with Gasteiger partial charge in [0.15, 0.2) is 5.79 Å². The number of likely N-dealkylation sites (N-methyl/N-ethyl adjacent to an activating group) is 1. The van der Waals surface area contributed by atoms with Crippen LogP contribution < -0.4 is 10.2 Å². The fourth-order valence-electron chi connectivity index (χ4n) is 2.99. The molecule has 24 heavy (non-hydrogen) atoms. The van der Waals surface area contributed by atoms with E-state index in [9.17, 15) is 4.79 Å². The van der Waals surface area contributed by atoms with Crippen molar-refractivity contribution in [2.45, 2.75) is 18.6 Å². The number of nitrogens with zero attached hydrogens (tertiary/aromatic N) is 4. The first-order valence-corrected chi connectivity index (χ1v) is 8.36. The molecule has 3 rings (SSSR count). The number of amides is 1. The Morgan fingerprint density at radius 2 is 2.00 bits per heavy atom. The van der Waals surface area contributed by atoms with Crippen molar-refractivity contribution >= 4 is 11.7 Å². The van der Waals surface area contributed by atoms with Crippen LogP contribution in [0.1, 0.15) is 23.3 Å². The molecular formula is C16H25N5O3.